The molecule has 0 aliphatic carbocycles. The number of nitrogens with zero attached hydrogens (tertiary/aromatic N) is 1. The van der Waals surface area contributed by atoms with E-state index in [2.05, 4.69) is 62.2 Å². The zero-order valence-electron chi connectivity index (χ0n) is 14.4. The average Bonchev–Trinajstić information content (AvgIpc) is 2.48. The molecular formula is C18H30N3O+. The first-order valence-corrected chi connectivity index (χ1v) is 8.36. The van der Waals surface area contributed by atoms with Gasteiger partial charge in [-0.05, 0) is 38.8 Å². The molecule has 0 spiro atoms. The van der Waals surface area contributed by atoms with Gasteiger partial charge in [0.1, 0.15) is 0 Å². The van der Waals surface area contributed by atoms with Crippen molar-refractivity contribution in [2.24, 2.45) is 0 Å². The van der Waals surface area contributed by atoms with Crippen LogP contribution in [0, 0.1) is 6.92 Å². The maximum Gasteiger partial charge on any atom is 0.275 e. The van der Waals surface area contributed by atoms with Gasteiger partial charge in [0.15, 0.2) is 6.54 Å². The Morgan fingerprint density at radius 3 is 2.50 bits per heavy atom. The molecule has 1 fully saturated rings. The number of carbonyl (C=O) groups is 1. The number of aryl methyl sites for hydroxylation is 1. The number of para-hydroxylation sites is 1. The van der Waals surface area contributed by atoms with Crippen LogP contribution >= 0.6 is 0 Å². The molecule has 0 unspecified atom stereocenters. The number of quaternary nitrogens is 1. The molecule has 4 heteroatoms. The average molecular weight is 304 g/mol. The van der Waals surface area contributed by atoms with E-state index in [1.54, 1.807) is 0 Å². The predicted molar refractivity (Wildman–Crippen MR) is 91.5 cm³/mol. The van der Waals surface area contributed by atoms with Crippen LogP contribution in [0.25, 0.3) is 0 Å². The van der Waals surface area contributed by atoms with Gasteiger partial charge >= 0.3 is 0 Å². The van der Waals surface area contributed by atoms with E-state index < -0.39 is 0 Å². The van der Waals surface area contributed by atoms with Crippen LogP contribution < -0.4 is 15.1 Å². The van der Waals surface area contributed by atoms with Gasteiger partial charge in [-0.15, -0.1) is 0 Å². The number of nitrogens with one attached hydrogen (secondary N) is 2. The molecule has 4 nitrogen and oxygen atoms in total. The summed E-state index contributed by atoms with van der Waals surface area (Å²) >= 11 is 0. The molecule has 0 saturated carbocycles. The number of rotatable bonds is 5. The highest BCUT2D eigenvalue weighted by Crippen LogP contribution is 2.18. The van der Waals surface area contributed by atoms with Crippen LogP contribution in [0.4, 0.5) is 5.69 Å². The topological polar surface area (TPSA) is 36.8 Å². The van der Waals surface area contributed by atoms with Crippen molar-refractivity contribution in [1.82, 2.24) is 5.32 Å². The Balaban J connectivity index is 1.83. The van der Waals surface area contributed by atoms with E-state index >= 15 is 0 Å². The highest BCUT2D eigenvalue weighted by Gasteiger charge is 2.25. The summed E-state index contributed by atoms with van der Waals surface area (Å²) in [5.41, 5.74) is 2.56. The Morgan fingerprint density at radius 1 is 1.27 bits per heavy atom. The molecule has 0 radical (unpaired) electrons. The molecule has 0 aromatic heterocycles. The molecule has 1 aliphatic rings. The number of piperazine rings is 1. The van der Waals surface area contributed by atoms with E-state index in [-0.39, 0.29) is 11.4 Å². The van der Waals surface area contributed by atoms with Crippen molar-refractivity contribution in [3.63, 3.8) is 0 Å². The minimum atomic E-state index is -0.0977. The molecule has 0 atom stereocenters. The summed E-state index contributed by atoms with van der Waals surface area (Å²) in [4.78, 5) is 16.0. The molecule has 1 aromatic carbocycles. The van der Waals surface area contributed by atoms with Gasteiger partial charge in [0.05, 0.1) is 26.2 Å². The van der Waals surface area contributed by atoms with Gasteiger partial charge in [-0.3, -0.25) is 4.79 Å². The number of hydrogen-bond acceptors (Lipinski definition) is 2. The molecule has 1 amide bonds. The van der Waals surface area contributed by atoms with Gasteiger partial charge < -0.3 is 15.1 Å². The third-order valence-corrected chi connectivity index (χ3v) is 4.70. The molecule has 0 bridgehead atoms. The highest BCUT2D eigenvalue weighted by atomic mass is 16.2. The Kier molecular flexibility index (Phi) is 5.46. The van der Waals surface area contributed by atoms with Gasteiger partial charge in [-0.25, -0.2) is 0 Å². The van der Waals surface area contributed by atoms with E-state index in [9.17, 15) is 4.79 Å². The molecule has 22 heavy (non-hydrogen) atoms. The Hall–Kier alpha value is -1.55. The van der Waals surface area contributed by atoms with Crippen LogP contribution in [-0.2, 0) is 4.79 Å². The maximum absolute atomic E-state index is 12.1. The quantitative estimate of drug-likeness (QED) is 0.852. The standard InChI is InChI=1S/C18H29N3O/c1-5-18(3,4)19-17(22)14-20-10-12-21(13-11-20)16-9-7-6-8-15(16)2/h6-9H,5,10-14H2,1-4H3,(H,19,22)/p+1. The van der Waals surface area contributed by atoms with Crippen molar-refractivity contribution >= 4 is 11.6 Å². The van der Waals surface area contributed by atoms with Crippen LogP contribution in [-0.4, -0.2) is 44.2 Å². The second kappa shape index (κ2) is 7.14. The van der Waals surface area contributed by atoms with Crippen molar-refractivity contribution in [3.8, 4) is 0 Å². The Bertz CT molecular complexity index is 505. The SMILES string of the molecule is CCC(C)(C)NC(=O)C[NH+]1CCN(c2ccccc2C)CC1. The number of hydrogen-bond donors (Lipinski definition) is 2. The van der Waals surface area contributed by atoms with Crippen molar-refractivity contribution in [2.45, 2.75) is 39.7 Å². The smallest absolute Gasteiger partial charge is 0.275 e. The fourth-order valence-electron chi connectivity index (χ4n) is 2.90. The van der Waals surface area contributed by atoms with Crippen molar-refractivity contribution < 1.29 is 9.69 Å². The van der Waals surface area contributed by atoms with E-state index in [1.807, 2.05) is 0 Å². The normalized spacial score (nSPS) is 16.6. The fourth-order valence-corrected chi connectivity index (χ4v) is 2.90. The second-order valence-electron chi connectivity index (χ2n) is 6.99. The molecular weight excluding hydrogens is 274 g/mol. The van der Waals surface area contributed by atoms with Crippen LogP contribution in [0.3, 0.4) is 0 Å². The first-order valence-electron chi connectivity index (χ1n) is 8.36. The summed E-state index contributed by atoms with van der Waals surface area (Å²) in [5, 5.41) is 3.13. The van der Waals surface area contributed by atoms with E-state index in [0.717, 1.165) is 32.6 Å². The molecule has 1 aliphatic heterocycles. The van der Waals surface area contributed by atoms with Crippen molar-refractivity contribution in [3.05, 3.63) is 29.8 Å². The van der Waals surface area contributed by atoms with Gasteiger partial charge in [0.2, 0.25) is 0 Å². The molecule has 1 saturated heterocycles. The Morgan fingerprint density at radius 2 is 1.91 bits per heavy atom. The molecule has 1 heterocycles. The maximum atomic E-state index is 12.1. The zero-order chi connectivity index (χ0) is 16.2. The molecule has 1 aromatic rings. The summed E-state index contributed by atoms with van der Waals surface area (Å²) in [5.74, 6) is 0.172. The molecule has 2 N–H and O–H groups in total. The van der Waals surface area contributed by atoms with Crippen LogP contribution in [0.2, 0.25) is 0 Å². The van der Waals surface area contributed by atoms with Gasteiger partial charge in [-0.2, -0.15) is 0 Å². The lowest BCUT2D eigenvalue weighted by molar-refractivity contribution is -0.892. The largest absolute Gasteiger partial charge is 0.360 e. The fraction of sp³-hybridized carbons (Fsp3) is 0.611. The first kappa shape index (κ1) is 16.8. The summed E-state index contributed by atoms with van der Waals surface area (Å²) in [7, 11) is 0. The van der Waals surface area contributed by atoms with Crippen molar-refractivity contribution in [1.29, 1.82) is 0 Å². The predicted octanol–water partition coefficient (Wildman–Crippen LogP) is 1.00. The van der Waals surface area contributed by atoms with E-state index in [4.69, 9.17) is 0 Å². The number of anilines is 1. The molecule has 122 valence electrons. The van der Waals surface area contributed by atoms with Gasteiger partial charge in [-0.1, -0.05) is 25.1 Å². The third-order valence-electron chi connectivity index (χ3n) is 4.70. The van der Waals surface area contributed by atoms with Gasteiger partial charge in [0.25, 0.3) is 5.91 Å². The zero-order valence-corrected chi connectivity index (χ0v) is 14.4. The van der Waals surface area contributed by atoms with E-state index in [1.165, 1.54) is 16.2 Å². The number of benzene rings is 1. The number of carbonyl (C=O) groups excluding carboxylic acids is 1. The minimum Gasteiger partial charge on any atom is -0.360 e. The number of amides is 1. The van der Waals surface area contributed by atoms with Crippen LogP contribution in [0.1, 0.15) is 32.8 Å². The van der Waals surface area contributed by atoms with Crippen LogP contribution in [0.5, 0.6) is 0 Å². The van der Waals surface area contributed by atoms with Crippen LogP contribution in [0.15, 0.2) is 24.3 Å². The molecule has 2 rings (SSSR count). The first-order chi connectivity index (χ1) is 10.4. The lowest BCUT2D eigenvalue weighted by atomic mass is 10.0. The van der Waals surface area contributed by atoms with E-state index in [0.29, 0.717) is 6.54 Å². The highest BCUT2D eigenvalue weighted by molar-refractivity contribution is 5.77. The monoisotopic (exact) mass is 304 g/mol. The summed E-state index contributed by atoms with van der Waals surface area (Å²) in [6, 6.07) is 8.54. The van der Waals surface area contributed by atoms with Gasteiger partial charge in [0, 0.05) is 11.2 Å². The Labute approximate surface area is 134 Å². The minimum absolute atomic E-state index is 0.0977. The lowest BCUT2D eigenvalue weighted by Crippen LogP contribution is -3.16. The van der Waals surface area contributed by atoms with Crippen molar-refractivity contribution in [2.75, 3.05) is 37.6 Å². The second-order valence-corrected chi connectivity index (χ2v) is 6.99. The summed E-state index contributed by atoms with van der Waals surface area (Å²) in [6.45, 7) is 13.1. The lowest BCUT2D eigenvalue weighted by Gasteiger charge is -2.34. The third kappa shape index (κ3) is 4.47. The summed E-state index contributed by atoms with van der Waals surface area (Å²) in [6.07, 6.45) is 0.954. The summed E-state index contributed by atoms with van der Waals surface area (Å²) < 4.78 is 0.